The lowest BCUT2D eigenvalue weighted by Gasteiger charge is -2.20. The highest BCUT2D eigenvalue weighted by Crippen LogP contribution is 2.38. The van der Waals surface area contributed by atoms with Crippen molar-refractivity contribution in [1.82, 2.24) is 0 Å². The molecule has 1 aromatic heterocycles. The number of benzene rings is 2. The van der Waals surface area contributed by atoms with Crippen molar-refractivity contribution in [2.45, 2.75) is 26.2 Å². The molecule has 0 saturated heterocycles. The fraction of sp³-hybridized carbons (Fsp3) is 0.222. The van der Waals surface area contributed by atoms with Crippen LogP contribution in [0.3, 0.4) is 0 Å². The number of nitrogens with two attached hydrogens (primary N) is 1. The highest BCUT2D eigenvalue weighted by molar-refractivity contribution is 7.22. The predicted molar refractivity (Wildman–Crippen MR) is 90.4 cm³/mol. The second-order valence-electron chi connectivity index (χ2n) is 6.20. The molecule has 2 heteroatoms. The Hall–Kier alpha value is -1.80. The predicted octanol–water partition coefficient (Wildman–Crippen LogP) is 5.45. The van der Waals surface area contributed by atoms with Crippen LogP contribution in [0.1, 0.15) is 26.3 Å². The van der Waals surface area contributed by atoms with Crippen molar-refractivity contribution in [2.75, 3.05) is 5.73 Å². The maximum atomic E-state index is 6.19. The maximum absolute atomic E-state index is 6.19. The summed E-state index contributed by atoms with van der Waals surface area (Å²) in [4.78, 5) is 1.25. The van der Waals surface area contributed by atoms with E-state index in [1.165, 1.54) is 20.5 Å². The van der Waals surface area contributed by atoms with Crippen molar-refractivity contribution in [1.29, 1.82) is 0 Å². The molecule has 102 valence electrons. The van der Waals surface area contributed by atoms with Gasteiger partial charge in [-0.1, -0.05) is 45.0 Å². The van der Waals surface area contributed by atoms with Crippen molar-refractivity contribution in [2.24, 2.45) is 0 Å². The number of thiophene rings is 1. The first-order valence-electron chi connectivity index (χ1n) is 6.84. The van der Waals surface area contributed by atoms with Crippen LogP contribution < -0.4 is 5.73 Å². The molecule has 1 nitrogen and oxygen atoms in total. The van der Waals surface area contributed by atoms with Crippen LogP contribution in [0.4, 0.5) is 5.69 Å². The van der Waals surface area contributed by atoms with Gasteiger partial charge in [-0.3, -0.25) is 0 Å². The number of rotatable bonds is 1. The van der Waals surface area contributed by atoms with Gasteiger partial charge in [0.25, 0.3) is 0 Å². The number of nitrogen functional groups attached to an aromatic ring is 1. The van der Waals surface area contributed by atoms with E-state index in [4.69, 9.17) is 5.73 Å². The van der Waals surface area contributed by atoms with E-state index >= 15 is 0 Å². The van der Waals surface area contributed by atoms with Gasteiger partial charge >= 0.3 is 0 Å². The SMILES string of the molecule is CC(C)(C)c1ccc(N)c(-c2cc3ccccc3s2)c1. The molecule has 1 heterocycles. The fourth-order valence-electron chi connectivity index (χ4n) is 2.35. The van der Waals surface area contributed by atoms with Crippen LogP contribution >= 0.6 is 11.3 Å². The van der Waals surface area contributed by atoms with Gasteiger partial charge in [-0.2, -0.15) is 0 Å². The smallest absolute Gasteiger partial charge is 0.0402 e. The topological polar surface area (TPSA) is 26.0 Å². The zero-order valence-electron chi connectivity index (χ0n) is 12.1. The molecule has 20 heavy (non-hydrogen) atoms. The Morgan fingerprint density at radius 3 is 2.40 bits per heavy atom. The largest absolute Gasteiger partial charge is 0.398 e. The first-order valence-corrected chi connectivity index (χ1v) is 7.66. The minimum Gasteiger partial charge on any atom is -0.398 e. The van der Waals surface area contributed by atoms with Crippen molar-refractivity contribution in [3.63, 3.8) is 0 Å². The van der Waals surface area contributed by atoms with Crippen LogP contribution in [0.25, 0.3) is 20.5 Å². The summed E-state index contributed by atoms with van der Waals surface area (Å²) in [5, 5.41) is 1.29. The van der Waals surface area contributed by atoms with Gasteiger partial charge in [0.15, 0.2) is 0 Å². The zero-order valence-corrected chi connectivity index (χ0v) is 12.9. The van der Waals surface area contributed by atoms with E-state index in [1.807, 2.05) is 6.07 Å². The van der Waals surface area contributed by atoms with Gasteiger partial charge in [0.05, 0.1) is 0 Å². The first-order chi connectivity index (χ1) is 9.45. The van der Waals surface area contributed by atoms with Crippen molar-refractivity contribution >= 4 is 27.1 Å². The standard InChI is InChI=1S/C18H19NS/c1-18(2,3)13-8-9-15(19)14(11-13)17-10-12-6-4-5-7-16(12)20-17/h4-11H,19H2,1-3H3. The molecule has 0 fully saturated rings. The third-order valence-electron chi connectivity index (χ3n) is 3.61. The molecule has 0 spiro atoms. The van der Waals surface area contributed by atoms with Crippen LogP contribution in [-0.4, -0.2) is 0 Å². The van der Waals surface area contributed by atoms with Gasteiger partial charge in [-0.25, -0.2) is 0 Å². The highest BCUT2D eigenvalue weighted by Gasteiger charge is 2.16. The van der Waals surface area contributed by atoms with Gasteiger partial charge in [0.1, 0.15) is 0 Å². The lowest BCUT2D eigenvalue weighted by atomic mass is 9.86. The van der Waals surface area contributed by atoms with Gasteiger partial charge in [0, 0.05) is 20.8 Å². The minimum absolute atomic E-state index is 0.138. The van der Waals surface area contributed by atoms with Gasteiger partial charge in [-0.05, 0) is 40.6 Å². The molecule has 0 aliphatic rings. The minimum atomic E-state index is 0.138. The van der Waals surface area contributed by atoms with Gasteiger partial charge < -0.3 is 5.73 Å². The summed E-state index contributed by atoms with van der Waals surface area (Å²) < 4.78 is 1.31. The number of hydrogen-bond donors (Lipinski definition) is 1. The molecule has 0 aliphatic carbocycles. The van der Waals surface area contributed by atoms with E-state index in [9.17, 15) is 0 Å². The monoisotopic (exact) mass is 281 g/mol. The molecular weight excluding hydrogens is 262 g/mol. The Morgan fingerprint density at radius 2 is 1.70 bits per heavy atom. The summed E-state index contributed by atoms with van der Waals surface area (Å²) in [7, 11) is 0. The van der Waals surface area contributed by atoms with Crippen molar-refractivity contribution < 1.29 is 0 Å². The Morgan fingerprint density at radius 1 is 0.950 bits per heavy atom. The molecule has 0 aliphatic heterocycles. The normalized spacial score (nSPS) is 11.9. The highest BCUT2D eigenvalue weighted by atomic mass is 32.1. The van der Waals surface area contributed by atoms with Crippen LogP contribution in [0.5, 0.6) is 0 Å². The van der Waals surface area contributed by atoms with E-state index in [0.717, 1.165) is 11.3 Å². The molecule has 0 bridgehead atoms. The molecule has 2 N–H and O–H groups in total. The Bertz CT molecular complexity index is 729. The quantitative estimate of drug-likeness (QED) is 0.590. The Balaban J connectivity index is 2.17. The fourth-order valence-corrected chi connectivity index (χ4v) is 3.45. The molecule has 0 unspecified atom stereocenters. The van der Waals surface area contributed by atoms with E-state index in [0.29, 0.717) is 0 Å². The maximum Gasteiger partial charge on any atom is 0.0402 e. The average Bonchev–Trinajstić information content (AvgIpc) is 2.81. The summed E-state index contributed by atoms with van der Waals surface area (Å²) in [6.45, 7) is 6.69. The summed E-state index contributed by atoms with van der Waals surface area (Å²) in [6.07, 6.45) is 0. The van der Waals surface area contributed by atoms with Crippen LogP contribution in [0.2, 0.25) is 0 Å². The molecular formula is C18H19NS. The third kappa shape index (κ3) is 2.32. The zero-order chi connectivity index (χ0) is 14.3. The summed E-state index contributed by atoms with van der Waals surface area (Å²) in [5.41, 5.74) is 9.65. The summed E-state index contributed by atoms with van der Waals surface area (Å²) in [5.74, 6) is 0. The first kappa shape index (κ1) is 13.2. The second-order valence-corrected chi connectivity index (χ2v) is 7.28. The van der Waals surface area contributed by atoms with Gasteiger partial charge in [-0.15, -0.1) is 11.3 Å². The third-order valence-corrected chi connectivity index (χ3v) is 4.76. The van der Waals surface area contributed by atoms with E-state index in [1.54, 1.807) is 11.3 Å². The molecule has 3 aromatic rings. The van der Waals surface area contributed by atoms with E-state index < -0.39 is 0 Å². The molecule has 0 radical (unpaired) electrons. The molecule has 0 amide bonds. The lowest BCUT2D eigenvalue weighted by molar-refractivity contribution is 0.590. The van der Waals surface area contributed by atoms with Crippen molar-refractivity contribution in [3.05, 3.63) is 54.1 Å². The van der Waals surface area contributed by atoms with Crippen LogP contribution in [-0.2, 0) is 5.41 Å². The lowest BCUT2D eigenvalue weighted by Crippen LogP contribution is -2.11. The van der Waals surface area contributed by atoms with Crippen LogP contribution in [0.15, 0.2) is 48.5 Å². The second kappa shape index (κ2) is 4.64. The van der Waals surface area contributed by atoms with E-state index in [-0.39, 0.29) is 5.41 Å². The summed E-state index contributed by atoms with van der Waals surface area (Å²) >= 11 is 1.80. The number of fused-ring (bicyclic) bond motifs is 1. The summed E-state index contributed by atoms with van der Waals surface area (Å²) in [6, 6.07) is 17.1. The average molecular weight is 281 g/mol. The molecule has 3 rings (SSSR count). The molecule has 0 atom stereocenters. The van der Waals surface area contributed by atoms with E-state index in [2.05, 4.69) is 63.2 Å². The van der Waals surface area contributed by atoms with Crippen molar-refractivity contribution in [3.8, 4) is 10.4 Å². The number of anilines is 1. The number of hydrogen-bond acceptors (Lipinski definition) is 2. The Labute approximate surface area is 124 Å². The van der Waals surface area contributed by atoms with Gasteiger partial charge in [0.2, 0.25) is 0 Å². The molecule has 0 saturated carbocycles. The van der Waals surface area contributed by atoms with Crippen LogP contribution in [0, 0.1) is 0 Å². The molecule has 2 aromatic carbocycles. The Kier molecular flexibility index (Phi) is 3.06.